The molecule has 1 aromatic rings. The van der Waals surface area contributed by atoms with Crippen molar-refractivity contribution in [2.75, 3.05) is 13.1 Å². The maximum absolute atomic E-state index is 12.0. The molecule has 3 rings (SSSR count). The highest BCUT2D eigenvalue weighted by Crippen LogP contribution is 2.20. The van der Waals surface area contributed by atoms with Crippen molar-refractivity contribution < 1.29 is 9.53 Å². The molecule has 2 aliphatic rings. The van der Waals surface area contributed by atoms with Gasteiger partial charge in [-0.2, -0.15) is 0 Å². The number of benzene rings is 1. The van der Waals surface area contributed by atoms with E-state index in [9.17, 15) is 4.79 Å². The zero-order valence-electron chi connectivity index (χ0n) is 10.4. The van der Waals surface area contributed by atoms with Crippen LogP contribution in [0, 0.1) is 0 Å². The highest BCUT2D eigenvalue weighted by atomic mass is 16.5. The van der Waals surface area contributed by atoms with Crippen LogP contribution in [-0.2, 0) is 18.0 Å². The van der Waals surface area contributed by atoms with Gasteiger partial charge in [0.1, 0.15) is 0 Å². The number of fused-ring (bicyclic) bond motifs is 1. The van der Waals surface area contributed by atoms with E-state index in [0.717, 1.165) is 24.1 Å². The molecule has 1 amide bonds. The summed E-state index contributed by atoms with van der Waals surface area (Å²) in [6, 6.07) is 6.25. The highest BCUT2D eigenvalue weighted by molar-refractivity contribution is 5.94. The van der Waals surface area contributed by atoms with E-state index in [1.807, 2.05) is 18.2 Å². The van der Waals surface area contributed by atoms with Crippen molar-refractivity contribution in [3.63, 3.8) is 0 Å². The Morgan fingerprint density at radius 1 is 1.39 bits per heavy atom. The number of ether oxygens (including phenoxy) is 1. The number of hydrogen-bond acceptors (Lipinski definition) is 3. The Kier molecular flexibility index (Phi) is 3.30. The van der Waals surface area contributed by atoms with Crippen LogP contribution in [0.2, 0.25) is 0 Å². The van der Waals surface area contributed by atoms with Crippen molar-refractivity contribution in [1.29, 1.82) is 0 Å². The van der Waals surface area contributed by atoms with Crippen LogP contribution in [0.4, 0.5) is 0 Å². The van der Waals surface area contributed by atoms with Crippen molar-refractivity contribution in [3.8, 4) is 0 Å². The van der Waals surface area contributed by atoms with Gasteiger partial charge in [-0.3, -0.25) is 4.79 Å². The molecule has 0 saturated carbocycles. The normalized spacial score (nSPS) is 21.9. The van der Waals surface area contributed by atoms with E-state index in [2.05, 4.69) is 10.6 Å². The Labute approximate surface area is 107 Å². The molecule has 2 heterocycles. The predicted octanol–water partition coefficient (Wildman–Crippen LogP) is 1.20. The maximum Gasteiger partial charge on any atom is 0.251 e. The minimum atomic E-state index is 0.0124. The summed E-state index contributed by atoms with van der Waals surface area (Å²) in [7, 11) is 0. The van der Waals surface area contributed by atoms with E-state index >= 15 is 0 Å². The first-order valence-electron chi connectivity index (χ1n) is 6.54. The van der Waals surface area contributed by atoms with Crippen LogP contribution < -0.4 is 10.6 Å². The number of hydrogen-bond donors (Lipinski definition) is 2. The van der Waals surface area contributed by atoms with Crippen molar-refractivity contribution in [1.82, 2.24) is 10.6 Å². The molecule has 96 valence electrons. The summed E-state index contributed by atoms with van der Waals surface area (Å²) in [6.45, 7) is 3.08. The third kappa shape index (κ3) is 2.40. The first kappa shape index (κ1) is 11.7. The molecule has 18 heavy (non-hydrogen) atoms. The molecule has 2 aliphatic heterocycles. The highest BCUT2D eigenvalue weighted by Gasteiger charge is 2.17. The number of nitrogens with one attached hydrogen (secondary N) is 2. The second-order valence-corrected chi connectivity index (χ2v) is 4.98. The van der Waals surface area contributed by atoms with Gasteiger partial charge in [0.15, 0.2) is 0 Å². The topological polar surface area (TPSA) is 50.4 Å². The second-order valence-electron chi connectivity index (χ2n) is 4.98. The van der Waals surface area contributed by atoms with Gasteiger partial charge in [-0.15, -0.1) is 0 Å². The molecule has 0 aromatic heterocycles. The number of rotatable bonds is 3. The molecule has 1 aromatic carbocycles. The number of amides is 1. The van der Waals surface area contributed by atoms with Crippen LogP contribution in [0.25, 0.3) is 0 Å². The van der Waals surface area contributed by atoms with Crippen LogP contribution in [0.3, 0.4) is 0 Å². The second kappa shape index (κ2) is 5.08. The number of carbonyl (C=O) groups is 1. The van der Waals surface area contributed by atoms with Crippen molar-refractivity contribution in [2.24, 2.45) is 0 Å². The third-order valence-corrected chi connectivity index (χ3v) is 3.65. The van der Waals surface area contributed by atoms with E-state index in [1.54, 1.807) is 0 Å². The molecule has 2 N–H and O–H groups in total. The fraction of sp³-hybridized carbons (Fsp3) is 0.500. The summed E-state index contributed by atoms with van der Waals surface area (Å²) in [5, 5.41) is 6.36. The molecule has 0 spiro atoms. The lowest BCUT2D eigenvalue weighted by atomic mass is 10.1. The minimum absolute atomic E-state index is 0.0124. The largest absolute Gasteiger partial charge is 0.372 e. The molecular weight excluding hydrogens is 228 g/mol. The van der Waals surface area contributed by atoms with E-state index in [0.29, 0.717) is 25.8 Å². The first-order valence-corrected chi connectivity index (χ1v) is 6.54. The quantitative estimate of drug-likeness (QED) is 0.842. The van der Waals surface area contributed by atoms with Gasteiger partial charge in [0, 0.05) is 18.2 Å². The molecule has 4 nitrogen and oxygen atoms in total. The smallest absolute Gasteiger partial charge is 0.251 e. The van der Waals surface area contributed by atoms with Gasteiger partial charge in [0.25, 0.3) is 5.91 Å². The molecule has 0 radical (unpaired) electrons. The van der Waals surface area contributed by atoms with Crippen LogP contribution in [-0.4, -0.2) is 25.0 Å². The summed E-state index contributed by atoms with van der Waals surface area (Å²) in [5.41, 5.74) is 3.07. The summed E-state index contributed by atoms with van der Waals surface area (Å²) < 4.78 is 5.35. The van der Waals surface area contributed by atoms with Gasteiger partial charge in [-0.1, -0.05) is 6.07 Å². The Bertz CT molecular complexity index is 453. The lowest BCUT2D eigenvalue weighted by Crippen LogP contribution is -2.37. The lowest BCUT2D eigenvalue weighted by Gasteiger charge is -2.11. The van der Waals surface area contributed by atoms with E-state index in [-0.39, 0.29) is 5.91 Å². The van der Waals surface area contributed by atoms with Crippen molar-refractivity contribution in [3.05, 3.63) is 34.9 Å². The molecular formula is C14H18N2O2. The van der Waals surface area contributed by atoms with Crippen molar-refractivity contribution >= 4 is 5.91 Å². The predicted molar refractivity (Wildman–Crippen MR) is 68.3 cm³/mol. The third-order valence-electron chi connectivity index (χ3n) is 3.65. The van der Waals surface area contributed by atoms with Crippen LogP contribution in [0.15, 0.2) is 18.2 Å². The average molecular weight is 246 g/mol. The van der Waals surface area contributed by atoms with Crippen LogP contribution in [0.5, 0.6) is 0 Å². The van der Waals surface area contributed by atoms with Gasteiger partial charge in [0.05, 0.1) is 13.2 Å². The summed E-state index contributed by atoms with van der Waals surface area (Å²) in [5.74, 6) is 0.0124. The minimum Gasteiger partial charge on any atom is -0.372 e. The van der Waals surface area contributed by atoms with E-state index in [1.165, 1.54) is 12.0 Å². The van der Waals surface area contributed by atoms with Crippen LogP contribution in [0.1, 0.15) is 34.3 Å². The Balaban J connectivity index is 1.61. The maximum atomic E-state index is 12.0. The van der Waals surface area contributed by atoms with Gasteiger partial charge >= 0.3 is 0 Å². The molecule has 1 unspecified atom stereocenters. The fourth-order valence-electron chi connectivity index (χ4n) is 2.56. The first-order chi connectivity index (χ1) is 8.83. The Hall–Kier alpha value is -1.39. The monoisotopic (exact) mass is 246 g/mol. The average Bonchev–Trinajstić information content (AvgIpc) is 3.05. The molecule has 1 saturated heterocycles. The number of carbonyl (C=O) groups excluding carboxylic acids is 1. The zero-order chi connectivity index (χ0) is 12.4. The summed E-state index contributed by atoms with van der Waals surface area (Å²) in [6.07, 6.45) is 2.36. The lowest BCUT2D eigenvalue weighted by molar-refractivity contribution is 0.0950. The Morgan fingerprint density at radius 2 is 2.28 bits per heavy atom. The van der Waals surface area contributed by atoms with Gasteiger partial charge in [-0.25, -0.2) is 0 Å². The standard InChI is InChI=1S/C14H18N2O2/c17-14(16-7-13-2-1-5-15-13)10-3-4-11-8-18-9-12(11)6-10/h3-4,6,13,15H,1-2,5,7-9H2,(H,16,17). The van der Waals surface area contributed by atoms with Gasteiger partial charge < -0.3 is 15.4 Å². The van der Waals surface area contributed by atoms with Crippen LogP contribution >= 0.6 is 0 Å². The molecule has 0 bridgehead atoms. The fourth-order valence-corrected chi connectivity index (χ4v) is 2.56. The zero-order valence-corrected chi connectivity index (χ0v) is 10.4. The van der Waals surface area contributed by atoms with E-state index in [4.69, 9.17) is 4.74 Å². The Morgan fingerprint density at radius 3 is 3.11 bits per heavy atom. The molecule has 1 fully saturated rings. The summed E-state index contributed by atoms with van der Waals surface area (Å²) in [4.78, 5) is 12.0. The van der Waals surface area contributed by atoms with Gasteiger partial charge in [0.2, 0.25) is 0 Å². The van der Waals surface area contributed by atoms with Gasteiger partial charge in [-0.05, 0) is 42.6 Å². The van der Waals surface area contributed by atoms with E-state index < -0.39 is 0 Å². The molecule has 0 aliphatic carbocycles. The molecule has 4 heteroatoms. The molecule has 1 atom stereocenters. The SMILES string of the molecule is O=C(NCC1CCCN1)c1ccc2c(c1)COC2. The van der Waals surface area contributed by atoms with Crippen molar-refractivity contribution in [2.45, 2.75) is 32.1 Å². The summed E-state index contributed by atoms with van der Waals surface area (Å²) >= 11 is 0.